The van der Waals surface area contributed by atoms with Crippen molar-refractivity contribution in [3.05, 3.63) is 54.1 Å². The molecule has 0 atom stereocenters. The first kappa shape index (κ1) is 15.0. The van der Waals surface area contributed by atoms with E-state index in [0.29, 0.717) is 11.3 Å². The third kappa shape index (κ3) is 3.47. The lowest BCUT2D eigenvalue weighted by molar-refractivity contribution is -0.114. The van der Waals surface area contributed by atoms with E-state index >= 15 is 0 Å². The van der Waals surface area contributed by atoms with Crippen molar-refractivity contribution >= 4 is 38.3 Å². The molecule has 0 unspecified atom stereocenters. The second-order valence-electron chi connectivity index (χ2n) is 5.06. The first-order valence-corrected chi connectivity index (χ1v) is 7.84. The molecule has 114 valence electrons. The van der Waals surface area contributed by atoms with E-state index in [9.17, 15) is 4.79 Å². The molecule has 0 spiro atoms. The van der Waals surface area contributed by atoms with Crippen molar-refractivity contribution in [3.8, 4) is 6.07 Å². The SMILES string of the molecule is CN(CC(=O)Nc1ccc(C#N)cc1)c1nc2ccccc2s1. The average molecular weight is 322 g/mol. The van der Waals surface area contributed by atoms with E-state index in [1.807, 2.05) is 42.3 Å². The van der Waals surface area contributed by atoms with Crippen LogP contribution in [-0.2, 0) is 4.79 Å². The fraction of sp³-hybridized carbons (Fsp3) is 0.118. The first-order valence-electron chi connectivity index (χ1n) is 7.02. The summed E-state index contributed by atoms with van der Waals surface area (Å²) in [6, 6.07) is 16.7. The van der Waals surface area contributed by atoms with Gasteiger partial charge in [0.15, 0.2) is 5.13 Å². The number of hydrogen-bond donors (Lipinski definition) is 1. The number of likely N-dealkylation sites (N-methyl/N-ethyl adjacent to an activating group) is 1. The zero-order valence-electron chi connectivity index (χ0n) is 12.5. The van der Waals surface area contributed by atoms with Gasteiger partial charge in [0.2, 0.25) is 5.91 Å². The quantitative estimate of drug-likeness (QED) is 0.800. The summed E-state index contributed by atoms with van der Waals surface area (Å²) in [5, 5.41) is 12.4. The van der Waals surface area contributed by atoms with Crippen molar-refractivity contribution in [2.24, 2.45) is 0 Å². The maximum atomic E-state index is 12.1. The molecular formula is C17H14N4OS. The van der Waals surface area contributed by atoms with Crippen LogP contribution in [0, 0.1) is 11.3 Å². The van der Waals surface area contributed by atoms with Crippen LogP contribution in [0.4, 0.5) is 10.8 Å². The predicted molar refractivity (Wildman–Crippen MR) is 92.7 cm³/mol. The number of aromatic nitrogens is 1. The summed E-state index contributed by atoms with van der Waals surface area (Å²) in [5.41, 5.74) is 2.17. The molecule has 0 saturated heterocycles. The Labute approximate surface area is 137 Å². The van der Waals surface area contributed by atoms with Crippen molar-refractivity contribution < 1.29 is 4.79 Å². The predicted octanol–water partition coefficient (Wildman–Crippen LogP) is 3.24. The number of nitriles is 1. The number of benzene rings is 2. The molecule has 5 nitrogen and oxygen atoms in total. The van der Waals surface area contributed by atoms with Gasteiger partial charge in [-0.1, -0.05) is 23.5 Å². The second kappa shape index (κ2) is 6.46. The number of anilines is 2. The fourth-order valence-corrected chi connectivity index (χ4v) is 3.06. The second-order valence-corrected chi connectivity index (χ2v) is 6.07. The van der Waals surface area contributed by atoms with Crippen LogP contribution >= 0.6 is 11.3 Å². The zero-order chi connectivity index (χ0) is 16.2. The van der Waals surface area contributed by atoms with Crippen molar-refractivity contribution in [2.45, 2.75) is 0 Å². The van der Waals surface area contributed by atoms with E-state index in [4.69, 9.17) is 5.26 Å². The Morgan fingerprint density at radius 2 is 2.00 bits per heavy atom. The Kier molecular flexibility index (Phi) is 4.22. The molecule has 1 N–H and O–H groups in total. The minimum atomic E-state index is -0.128. The summed E-state index contributed by atoms with van der Waals surface area (Å²) < 4.78 is 1.10. The summed E-state index contributed by atoms with van der Waals surface area (Å²) >= 11 is 1.56. The third-order valence-electron chi connectivity index (χ3n) is 3.29. The summed E-state index contributed by atoms with van der Waals surface area (Å²) in [6.07, 6.45) is 0. The van der Waals surface area contributed by atoms with Gasteiger partial charge < -0.3 is 10.2 Å². The van der Waals surface area contributed by atoms with Gasteiger partial charge in [-0.3, -0.25) is 4.79 Å². The molecular weight excluding hydrogens is 308 g/mol. The van der Waals surface area contributed by atoms with Gasteiger partial charge in [0, 0.05) is 12.7 Å². The standard InChI is InChI=1S/C17H14N4OS/c1-21(17-20-14-4-2-3-5-15(14)23-17)11-16(22)19-13-8-6-12(10-18)7-9-13/h2-9H,11H2,1H3,(H,19,22). The van der Waals surface area contributed by atoms with Crippen molar-refractivity contribution in [1.29, 1.82) is 5.26 Å². The number of amides is 1. The van der Waals surface area contributed by atoms with Crippen LogP contribution in [0.1, 0.15) is 5.56 Å². The van der Waals surface area contributed by atoms with Gasteiger partial charge in [-0.15, -0.1) is 0 Å². The highest BCUT2D eigenvalue weighted by Crippen LogP contribution is 2.27. The number of nitrogens with zero attached hydrogens (tertiary/aromatic N) is 3. The number of carbonyl (C=O) groups excluding carboxylic acids is 1. The number of thiazole rings is 1. The van der Waals surface area contributed by atoms with Crippen LogP contribution in [0.5, 0.6) is 0 Å². The molecule has 3 aromatic rings. The smallest absolute Gasteiger partial charge is 0.243 e. The number of fused-ring (bicyclic) bond motifs is 1. The van der Waals surface area contributed by atoms with Gasteiger partial charge in [-0.2, -0.15) is 5.26 Å². The van der Waals surface area contributed by atoms with E-state index < -0.39 is 0 Å². The van der Waals surface area contributed by atoms with E-state index in [2.05, 4.69) is 10.3 Å². The Bertz CT molecular complexity index is 846. The number of nitrogens with one attached hydrogen (secondary N) is 1. The molecule has 0 radical (unpaired) electrons. The van der Waals surface area contributed by atoms with Crippen LogP contribution in [0.2, 0.25) is 0 Å². The molecule has 6 heteroatoms. The average Bonchev–Trinajstić information content (AvgIpc) is 2.99. The molecule has 0 bridgehead atoms. The van der Waals surface area contributed by atoms with E-state index in [1.54, 1.807) is 35.6 Å². The Hall–Kier alpha value is -2.91. The lowest BCUT2D eigenvalue weighted by Gasteiger charge is -2.15. The van der Waals surface area contributed by atoms with E-state index in [-0.39, 0.29) is 12.5 Å². The van der Waals surface area contributed by atoms with Crippen molar-refractivity contribution in [1.82, 2.24) is 4.98 Å². The minimum Gasteiger partial charge on any atom is -0.342 e. The molecule has 1 aromatic heterocycles. The molecule has 0 saturated carbocycles. The molecule has 0 aliphatic carbocycles. The maximum Gasteiger partial charge on any atom is 0.243 e. The van der Waals surface area contributed by atoms with Crippen molar-refractivity contribution in [3.63, 3.8) is 0 Å². The zero-order valence-corrected chi connectivity index (χ0v) is 13.3. The van der Waals surface area contributed by atoms with Crippen LogP contribution in [0.15, 0.2) is 48.5 Å². The van der Waals surface area contributed by atoms with Gasteiger partial charge in [-0.05, 0) is 36.4 Å². The Morgan fingerprint density at radius 3 is 2.70 bits per heavy atom. The minimum absolute atomic E-state index is 0.128. The van der Waals surface area contributed by atoms with E-state index in [0.717, 1.165) is 15.3 Å². The summed E-state index contributed by atoms with van der Waals surface area (Å²) in [4.78, 5) is 18.5. The molecule has 0 aliphatic rings. The number of rotatable bonds is 4. The summed E-state index contributed by atoms with van der Waals surface area (Å²) in [7, 11) is 1.84. The molecule has 3 rings (SSSR count). The van der Waals surface area contributed by atoms with Crippen LogP contribution in [-0.4, -0.2) is 24.5 Å². The normalized spacial score (nSPS) is 10.3. The topological polar surface area (TPSA) is 69.0 Å². The third-order valence-corrected chi connectivity index (χ3v) is 4.44. The van der Waals surface area contributed by atoms with Gasteiger partial charge in [-0.25, -0.2) is 4.98 Å². The van der Waals surface area contributed by atoms with Gasteiger partial charge in [0.25, 0.3) is 0 Å². The summed E-state index contributed by atoms with van der Waals surface area (Å²) in [6.45, 7) is 0.208. The monoisotopic (exact) mass is 322 g/mol. The number of hydrogen-bond acceptors (Lipinski definition) is 5. The Morgan fingerprint density at radius 1 is 1.26 bits per heavy atom. The molecule has 1 amide bonds. The molecule has 2 aromatic carbocycles. The molecule has 1 heterocycles. The maximum absolute atomic E-state index is 12.1. The lowest BCUT2D eigenvalue weighted by atomic mass is 10.2. The first-order chi connectivity index (χ1) is 11.2. The van der Waals surface area contributed by atoms with Gasteiger partial charge in [0.05, 0.1) is 28.4 Å². The summed E-state index contributed by atoms with van der Waals surface area (Å²) in [5.74, 6) is -0.128. The lowest BCUT2D eigenvalue weighted by Crippen LogP contribution is -2.29. The Balaban J connectivity index is 1.65. The molecule has 23 heavy (non-hydrogen) atoms. The van der Waals surface area contributed by atoms with Crippen LogP contribution < -0.4 is 10.2 Å². The van der Waals surface area contributed by atoms with Gasteiger partial charge in [0.1, 0.15) is 0 Å². The fourth-order valence-electron chi connectivity index (χ4n) is 2.13. The highest BCUT2D eigenvalue weighted by atomic mass is 32.1. The van der Waals surface area contributed by atoms with Gasteiger partial charge >= 0.3 is 0 Å². The molecule has 0 fully saturated rings. The highest BCUT2D eigenvalue weighted by molar-refractivity contribution is 7.22. The highest BCUT2D eigenvalue weighted by Gasteiger charge is 2.12. The van der Waals surface area contributed by atoms with Crippen LogP contribution in [0.25, 0.3) is 10.2 Å². The largest absolute Gasteiger partial charge is 0.342 e. The van der Waals surface area contributed by atoms with E-state index in [1.165, 1.54) is 0 Å². The molecule has 0 aliphatic heterocycles. The number of para-hydroxylation sites is 1. The van der Waals surface area contributed by atoms with Crippen molar-refractivity contribution in [2.75, 3.05) is 23.8 Å². The van der Waals surface area contributed by atoms with Crippen LogP contribution in [0.3, 0.4) is 0 Å². The number of carbonyl (C=O) groups is 1.